The zero-order valence-corrected chi connectivity index (χ0v) is 22.4. The number of hydrogen-bond acceptors (Lipinski definition) is 4. The molecule has 0 saturated carbocycles. The highest BCUT2D eigenvalue weighted by molar-refractivity contribution is 6.08. The highest BCUT2D eigenvalue weighted by Crippen LogP contribution is 2.48. The molecule has 1 saturated heterocycles. The molecule has 0 radical (unpaired) electrons. The second kappa shape index (κ2) is 9.80. The third-order valence-electron chi connectivity index (χ3n) is 8.38. The van der Waals surface area contributed by atoms with Crippen LogP contribution in [0.25, 0.3) is 10.8 Å². The van der Waals surface area contributed by atoms with Crippen molar-refractivity contribution in [2.45, 2.75) is 31.7 Å². The molecule has 0 N–H and O–H groups in total. The number of carbonyl (C=O) groups is 1. The molecule has 0 bridgehead atoms. The average Bonchev–Trinajstić information content (AvgIpc) is 3.26. The second-order valence-corrected chi connectivity index (χ2v) is 10.7. The lowest BCUT2D eigenvalue weighted by molar-refractivity contribution is 0.0975. The van der Waals surface area contributed by atoms with Crippen LogP contribution in [0.1, 0.15) is 39.9 Å². The number of aryl methyl sites for hydroxylation is 1. The van der Waals surface area contributed by atoms with Crippen LogP contribution in [-0.2, 0) is 12.0 Å². The molecule has 0 atom stereocenters. The summed E-state index contributed by atoms with van der Waals surface area (Å²) in [5, 5.41) is 2.58. The summed E-state index contributed by atoms with van der Waals surface area (Å²) in [6.07, 6.45) is 2.07. The van der Waals surface area contributed by atoms with Gasteiger partial charge in [0, 0.05) is 29.8 Å². The second-order valence-electron chi connectivity index (χ2n) is 10.7. The summed E-state index contributed by atoms with van der Waals surface area (Å²) in [6.45, 7) is 5.83. The van der Waals surface area contributed by atoms with E-state index in [4.69, 9.17) is 9.47 Å². The minimum absolute atomic E-state index is 0.00604. The maximum Gasteiger partial charge on any atom is 0.258 e. The molecule has 2 heterocycles. The van der Waals surface area contributed by atoms with Crippen molar-refractivity contribution >= 4 is 22.4 Å². The number of piperidine rings is 1. The van der Waals surface area contributed by atoms with Crippen molar-refractivity contribution in [1.82, 2.24) is 4.90 Å². The van der Waals surface area contributed by atoms with Gasteiger partial charge in [-0.05, 0) is 85.1 Å². The standard InChI is InChI=1S/C33H34N2O3/c1-23-8-12-29-28(18-23)33(22-35(29)32(36)27-11-13-30(37-2)31(20-27)38-3)14-16-34(17-15-33)21-24-9-10-25-6-4-5-7-26(25)19-24/h4-13,18-20H,14-17,21-22H2,1-3H3. The summed E-state index contributed by atoms with van der Waals surface area (Å²) in [5.74, 6) is 1.20. The highest BCUT2D eigenvalue weighted by atomic mass is 16.5. The normalized spacial score (nSPS) is 16.6. The zero-order valence-electron chi connectivity index (χ0n) is 22.4. The Bertz CT molecular complexity index is 1500. The van der Waals surface area contributed by atoms with Gasteiger partial charge in [0.1, 0.15) is 0 Å². The van der Waals surface area contributed by atoms with Gasteiger partial charge in [0.05, 0.1) is 14.2 Å². The topological polar surface area (TPSA) is 42.0 Å². The number of carbonyl (C=O) groups excluding carboxylic acids is 1. The molecule has 194 valence electrons. The molecule has 2 aliphatic heterocycles. The molecule has 1 spiro atoms. The Kier molecular flexibility index (Phi) is 6.32. The smallest absolute Gasteiger partial charge is 0.258 e. The lowest BCUT2D eigenvalue weighted by Crippen LogP contribution is -2.45. The van der Waals surface area contributed by atoms with Crippen LogP contribution in [-0.4, -0.2) is 44.7 Å². The maximum absolute atomic E-state index is 13.8. The van der Waals surface area contributed by atoms with E-state index in [1.54, 1.807) is 26.4 Å². The number of benzene rings is 4. The van der Waals surface area contributed by atoms with Crippen molar-refractivity contribution in [2.24, 2.45) is 0 Å². The maximum atomic E-state index is 13.8. The van der Waals surface area contributed by atoms with Crippen molar-refractivity contribution in [3.63, 3.8) is 0 Å². The van der Waals surface area contributed by atoms with Gasteiger partial charge in [-0.25, -0.2) is 0 Å². The molecule has 0 aromatic heterocycles. The van der Waals surface area contributed by atoms with Crippen molar-refractivity contribution in [2.75, 3.05) is 38.8 Å². The monoisotopic (exact) mass is 506 g/mol. The SMILES string of the molecule is COc1ccc(C(=O)N2CC3(CCN(Cc4ccc5ccccc5c4)CC3)c3cc(C)ccc32)cc1OC. The molecular weight excluding hydrogens is 472 g/mol. The Hall–Kier alpha value is -3.83. The van der Waals surface area contributed by atoms with E-state index in [1.165, 1.54) is 27.5 Å². The third-order valence-corrected chi connectivity index (χ3v) is 8.38. The summed E-state index contributed by atoms with van der Waals surface area (Å²) in [4.78, 5) is 18.4. The summed E-state index contributed by atoms with van der Waals surface area (Å²) in [7, 11) is 3.20. The fourth-order valence-electron chi connectivity index (χ4n) is 6.25. The van der Waals surface area contributed by atoms with Crippen molar-refractivity contribution < 1.29 is 14.3 Å². The minimum atomic E-state index is -0.0204. The molecule has 5 heteroatoms. The van der Waals surface area contributed by atoms with E-state index in [9.17, 15) is 4.79 Å². The predicted octanol–water partition coefficient (Wildman–Crippen LogP) is 6.36. The van der Waals surface area contributed by atoms with E-state index in [0.717, 1.165) is 38.2 Å². The van der Waals surface area contributed by atoms with Gasteiger partial charge < -0.3 is 14.4 Å². The van der Waals surface area contributed by atoms with E-state index < -0.39 is 0 Å². The van der Waals surface area contributed by atoms with Gasteiger partial charge in [0.15, 0.2) is 11.5 Å². The van der Waals surface area contributed by atoms with Crippen LogP contribution in [0.2, 0.25) is 0 Å². The lowest BCUT2D eigenvalue weighted by atomic mass is 9.74. The number of ether oxygens (including phenoxy) is 2. The first kappa shape index (κ1) is 24.5. The van der Waals surface area contributed by atoms with Crippen molar-refractivity contribution in [3.8, 4) is 11.5 Å². The quantitative estimate of drug-likeness (QED) is 0.316. The van der Waals surface area contributed by atoms with Crippen LogP contribution in [0.3, 0.4) is 0 Å². The van der Waals surface area contributed by atoms with Gasteiger partial charge in [-0.15, -0.1) is 0 Å². The van der Waals surface area contributed by atoms with Crippen LogP contribution in [0.15, 0.2) is 78.9 Å². The molecule has 4 aromatic carbocycles. The van der Waals surface area contributed by atoms with Crippen LogP contribution in [0.4, 0.5) is 5.69 Å². The fraction of sp³-hybridized carbons (Fsp3) is 0.303. The number of anilines is 1. The molecule has 0 unspecified atom stereocenters. The number of amides is 1. The van der Waals surface area contributed by atoms with E-state index in [-0.39, 0.29) is 11.3 Å². The van der Waals surface area contributed by atoms with Crippen LogP contribution in [0.5, 0.6) is 11.5 Å². The molecule has 4 aromatic rings. The van der Waals surface area contributed by atoms with E-state index in [0.29, 0.717) is 23.6 Å². The lowest BCUT2D eigenvalue weighted by Gasteiger charge is -2.40. The van der Waals surface area contributed by atoms with Crippen molar-refractivity contribution in [1.29, 1.82) is 0 Å². The van der Waals surface area contributed by atoms with Gasteiger partial charge in [-0.1, -0.05) is 54.1 Å². The molecule has 38 heavy (non-hydrogen) atoms. The molecule has 1 amide bonds. The molecule has 2 aliphatic rings. The number of fused-ring (bicyclic) bond motifs is 3. The summed E-state index contributed by atoms with van der Waals surface area (Å²) < 4.78 is 10.8. The first-order valence-electron chi connectivity index (χ1n) is 13.3. The molecule has 0 aliphatic carbocycles. The Morgan fingerprint density at radius 3 is 2.37 bits per heavy atom. The zero-order chi connectivity index (χ0) is 26.3. The van der Waals surface area contributed by atoms with E-state index >= 15 is 0 Å². The van der Waals surface area contributed by atoms with Gasteiger partial charge >= 0.3 is 0 Å². The van der Waals surface area contributed by atoms with Crippen molar-refractivity contribution in [3.05, 3.63) is 101 Å². The fourth-order valence-corrected chi connectivity index (χ4v) is 6.25. The Labute approximate surface area is 224 Å². The van der Waals surface area contributed by atoms with E-state index in [2.05, 4.69) is 72.5 Å². The number of rotatable bonds is 5. The molecule has 6 rings (SSSR count). The molecular formula is C33H34N2O3. The van der Waals surface area contributed by atoms with Crippen LogP contribution in [0, 0.1) is 6.92 Å². The number of methoxy groups -OCH3 is 2. The van der Waals surface area contributed by atoms with Gasteiger partial charge in [0.25, 0.3) is 5.91 Å². The largest absolute Gasteiger partial charge is 0.493 e. The summed E-state index contributed by atoms with van der Waals surface area (Å²) in [6, 6.07) is 27.3. The Balaban J connectivity index is 1.23. The Morgan fingerprint density at radius 2 is 1.61 bits per heavy atom. The summed E-state index contributed by atoms with van der Waals surface area (Å²) in [5.41, 5.74) is 5.54. The molecule has 1 fully saturated rings. The number of hydrogen-bond donors (Lipinski definition) is 0. The predicted molar refractivity (Wildman–Crippen MR) is 153 cm³/mol. The van der Waals surface area contributed by atoms with E-state index in [1.807, 2.05) is 11.0 Å². The van der Waals surface area contributed by atoms with Gasteiger partial charge in [0.2, 0.25) is 0 Å². The molecule has 5 nitrogen and oxygen atoms in total. The Morgan fingerprint density at radius 1 is 0.842 bits per heavy atom. The van der Waals surface area contributed by atoms with Crippen LogP contribution < -0.4 is 14.4 Å². The number of nitrogens with zero attached hydrogens (tertiary/aromatic N) is 2. The van der Waals surface area contributed by atoms with Crippen LogP contribution >= 0.6 is 0 Å². The highest BCUT2D eigenvalue weighted by Gasteiger charge is 2.46. The number of likely N-dealkylation sites (tertiary alicyclic amines) is 1. The summed E-state index contributed by atoms with van der Waals surface area (Å²) >= 11 is 0. The average molecular weight is 507 g/mol. The first-order chi connectivity index (χ1) is 18.5. The van der Waals surface area contributed by atoms with Gasteiger partial charge in [-0.3, -0.25) is 9.69 Å². The third kappa shape index (κ3) is 4.31. The first-order valence-corrected chi connectivity index (χ1v) is 13.3. The van der Waals surface area contributed by atoms with Gasteiger partial charge in [-0.2, -0.15) is 0 Å². The minimum Gasteiger partial charge on any atom is -0.493 e.